The number of nitrogens with one attached hydrogen (secondary N) is 2. The molecule has 4 rings (SSSR count). The van der Waals surface area contributed by atoms with Crippen LogP contribution in [0.1, 0.15) is 5.56 Å². The van der Waals surface area contributed by atoms with Crippen LogP contribution in [0.25, 0.3) is 22.2 Å². The minimum atomic E-state index is -4.43. The number of aliphatic hydroxyl groups excluding tert-OH is 1. The van der Waals surface area contributed by atoms with Crippen molar-refractivity contribution in [1.29, 1.82) is 0 Å². The van der Waals surface area contributed by atoms with Gasteiger partial charge in [0.05, 0.1) is 16.8 Å². The maximum atomic E-state index is 12.8. The van der Waals surface area contributed by atoms with E-state index < -0.39 is 11.7 Å². The molecule has 3 aromatic rings. The van der Waals surface area contributed by atoms with Crippen LogP contribution < -0.4 is 10.6 Å². The predicted molar refractivity (Wildman–Crippen MR) is 106 cm³/mol. The summed E-state index contributed by atoms with van der Waals surface area (Å²) in [5.74, 6) is 0.690. The molecule has 3 aromatic heterocycles. The topological polar surface area (TPSA) is 83.0 Å². The van der Waals surface area contributed by atoms with Crippen molar-refractivity contribution in [2.75, 3.05) is 25.0 Å². The summed E-state index contributed by atoms with van der Waals surface area (Å²) in [5, 5.41) is 16.8. The molecule has 3 N–H and O–H groups in total. The fraction of sp³-hybridized carbons (Fsp3) is 0.316. The zero-order chi connectivity index (χ0) is 19.7. The van der Waals surface area contributed by atoms with E-state index in [0.29, 0.717) is 29.1 Å². The highest BCUT2D eigenvalue weighted by molar-refractivity contribution is 5.98. The van der Waals surface area contributed by atoms with Gasteiger partial charge in [-0.05, 0) is 24.3 Å². The third-order valence-corrected chi connectivity index (χ3v) is 4.90. The van der Waals surface area contributed by atoms with E-state index in [1.807, 2.05) is 6.07 Å². The Hall–Kier alpha value is -2.49. The van der Waals surface area contributed by atoms with Gasteiger partial charge in [-0.15, -0.1) is 12.4 Å². The molecule has 29 heavy (non-hydrogen) atoms. The smallest absolute Gasteiger partial charge is 0.396 e. The van der Waals surface area contributed by atoms with Crippen LogP contribution in [-0.2, 0) is 6.18 Å². The first-order valence-electron chi connectivity index (χ1n) is 8.83. The number of halogens is 4. The Morgan fingerprint density at radius 3 is 2.62 bits per heavy atom. The Morgan fingerprint density at radius 2 is 1.93 bits per heavy atom. The fourth-order valence-electron chi connectivity index (χ4n) is 3.36. The maximum absolute atomic E-state index is 12.8. The van der Waals surface area contributed by atoms with Gasteiger partial charge in [-0.3, -0.25) is 9.97 Å². The van der Waals surface area contributed by atoms with Gasteiger partial charge in [0, 0.05) is 61.2 Å². The molecule has 10 heteroatoms. The van der Waals surface area contributed by atoms with Gasteiger partial charge in [-0.25, -0.2) is 4.98 Å². The zero-order valence-electron chi connectivity index (χ0n) is 15.1. The number of anilines is 1. The van der Waals surface area contributed by atoms with Crippen LogP contribution in [0.15, 0.2) is 42.9 Å². The SMILES string of the molecule is Cl.OC[C@@H]1CNC[C@H]1Nc1ncc(-c2ccc(C(F)(F)F)cn2)c2ncccc12. The molecule has 0 aliphatic carbocycles. The van der Waals surface area contributed by atoms with Gasteiger partial charge in [0.25, 0.3) is 0 Å². The highest BCUT2D eigenvalue weighted by atomic mass is 35.5. The summed E-state index contributed by atoms with van der Waals surface area (Å²) in [5.41, 5.74) is 0.715. The molecule has 0 amide bonds. The molecule has 0 spiro atoms. The Labute approximate surface area is 171 Å². The first-order chi connectivity index (χ1) is 13.5. The molecule has 1 fully saturated rings. The molecule has 0 aromatic carbocycles. The van der Waals surface area contributed by atoms with Crippen molar-refractivity contribution in [3.8, 4) is 11.3 Å². The summed E-state index contributed by atoms with van der Waals surface area (Å²) in [7, 11) is 0. The number of aliphatic hydroxyl groups is 1. The lowest BCUT2D eigenvalue weighted by atomic mass is 10.0. The lowest BCUT2D eigenvalue weighted by Gasteiger charge is -2.20. The Balaban J connectivity index is 0.00000240. The van der Waals surface area contributed by atoms with Crippen molar-refractivity contribution in [3.63, 3.8) is 0 Å². The van der Waals surface area contributed by atoms with E-state index in [9.17, 15) is 18.3 Å². The molecular weight excluding hydrogens is 407 g/mol. The Bertz CT molecular complexity index is 984. The van der Waals surface area contributed by atoms with Crippen molar-refractivity contribution in [1.82, 2.24) is 20.3 Å². The quantitative estimate of drug-likeness (QED) is 0.595. The molecule has 0 radical (unpaired) electrons. The molecule has 1 aliphatic rings. The lowest BCUT2D eigenvalue weighted by molar-refractivity contribution is -0.137. The van der Waals surface area contributed by atoms with E-state index in [2.05, 4.69) is 25.6 Å². The first-order valence-corrected chi connectivity index (χ1v) is 8.83. The van der Waals surface area contributed by atoms with Crippen LogP contribution in [0.4, 0.5) is 19.0 Å². The standard InChI is InChI=1S/C19H18F3N5O.ClH/c20-19(21,22)12-3-4-15(25-7-12)14-8-26-18(13-2-1-5-24-17(13)14)27-16-9-23-6-11(16)10-28;/h1-5,7-8,11,16,23,28H,6,9-10H2,(H,26,27);1H/t11-,16+;/m0./s1. The third kappa shape index (κ3) is 4.26. The second-order valence-corrected chi connectivity index (χ2v) is 6.70. The van der Waals surface area contributed by atoms with Crippen LogP contribution in [0, 0.1) is 5.92 Å². The third-order valence-electron chi connectivity index (χ3n) is 4.90. The first kappa shape index (κ1) is 21.2. The predicted octanol–water partition coefficient (Wildman–Crippen LogP) is 3.12. The molecular formula is C19H19ClF3N5O. The van der Waals surface area contributed by atoms with E-state index in [1.165, 1.54) is 6.07 Å². The van der Waals surface area contributed by atoms with Crippen LogP contribution in [0.5, 0.6) is 0 Å². The number of nitrogens with zero attached hydrogens (tertiary/aromatic N) is 3. The Kier molecular flexibility index (Phi) is 6.21. The molecule has 0 saturated carbocycles. The average Bonchev–Trinajstić information content (AvgIpc) is 3.15. The largest absolute Gasteiger partial charge is 0.417 e. The van der Waals surface area contributed by atoms with Crippen LogP contribution >= 0.6 is 12.4 Å². The van der Waals surface area contributed by atoms with E-state index in [0.717, 1.165) is 24.2 Å². The highest BCUT2D eigenvalue weighted by Gasteiger charge is 2.31. The molecule has 0 unspecified atom stereocenters. The van der Waals surface area contributed by atoms with Crippen LogP contribution in [0.2, 0.25) is 0 Å². The van der Waals surface area contributed by atoms with Gasteiger partial charge in [-0.2, -0.15) is 13.2 Å². The second kappa shape index (κ2) is 8.48. The van der Waals surface area contributed by atoms with Crippen LogP contribution in [0.3, 0.4) is 0 Å². The van der Waals surface area contributed by atoms with Gasteiger partial charge >= 0.3 is 6.18 Å². The van der Waals surface area contributed by atoms with Crippen molar-refractivity contribution in [3.05, 3.63) is 48.4 Å². The highest BCUT2D eigenvalue weighted by Crippen LogP contribution is 2.32. The van der Waals surface area contributed by atoms with Crippen molar-refractivity contribution in [2.24, 2.45) is 5.92 Å². The number of hydrogen-bond donors (Lipinski definition) is 3. The number of alkyl halides is 3. The second-order valence-electron chi connectivity index (χ2n) is 6.70. The maximum Gasteiger partial charge on any atom is 0.417 e. The number of fused-ring (bicyclic) bond motifs is 1. The number of aromatic nitrogens is 3. The van der Waals surface area contributed by atoms with Gasteiger partial charge in [-0.1, -0.05) is 0 Å². The van der Waals surface area contributed by atoms with Crippen molar-refractivity contribution >= 4 is 29.1 Å². The summed E-state index contributed by atoms with van der Waals surface area (Å²) in [6, 6.07) is 5.97. The van der Waals surface area contributed by atoms with E-state index in [-0.39, 0.29) is 31.0 Å². The Morgan fingerprint density at radius 1 is 1.10 bits per heavy atom. The minimum Gasteiger partial charge on any atom is -0.396 e. The van der Waals surface area contributed by atoms with E-state index in [4.69, 9.17) is 0 Å². The zero-order valence-corrected chi connectivity index (χ0v) is 16.0. The van der Waals surface area contributed by atoms with Gasteiger partial charge in [0.1, 0.15) is 5.82 Å². The van der Waals surface area contributed by atoms with Crippen LogP contribution in [-0.4, -0.2) is 45.8 Å². The van der Waals surface area contributed by atoms with E-state index >= 15 is 0 Å². The summed E-state index contributed by atoms with van der Waals surface area (Å²) in [6.45, 7) is 1.49. The number of pyridine rings is 3. The fourth-order valence-corrected chi connectivity index (χ4v) is 3.36. The molecule has 0 bridgehead atoms. The van der Waals surface area contributed by atoms with Gasteiger partial charge < -0.3 is 15.7 Å². The van der Waals surface area contributed by atoms with Crippen molar-refractivity contribution < 1.29 is 18.3 Å². The number of hydrogen-bond acceptors (Lipinski definition) is 6. The van der Waals surface area contributed by atoms with Crippen molar-refractivity contribution in [2.45, 2.75) is 12.2 Å². The molecule has 2 atom stereocenters. The van der Waals surface area contributed by atoms with Gasteiger partial charge in [0.15, 0.2) is 0 Å². The summed E-state index contributed by atoms with van der Waals surface area (Å²) in [6.07, 6.45) is -0.445. The summed E-state index contributed by atoms with van der Waals surface area (Å²) in [4.78, 5) is 12.8. The van der Waals surface area contributed by atoms with Gasteiger partial charge in [0.2, 0.25) is 0 Å². The normalized spacial score (nSPS) is 19.2. The van der Waals surface area contributed by atoms with E-state index in [1.54, 1.807) is 18.5 Å². The monoisotopic (exact) mass is 425 g/mol. The molecule has 1 saturated heterocycles. The lowest BCUT2D eigenvalue weighted by Crippen LogP contribution is -2.30. The minimum absolute atomic E-state index is 0. The summed E-state index contributed by atoms with van der Waals surface area (Å²) < 4.78 is 38.4. The molecule has 4 heterocycles. The molecule has 154 valence electrons. The molecule has 6 nitrogen and oxygen atoms in total. The summed E-state index contributed by atoms with van der Waals surface area (Å²) >= 11 is 0. The number of rotatable bonds is 4. The average molecular weight is 426 g/mol. The molecule has 1 aliphatic heterocycles.